The van der Waals surface area contributed by atoms with Gasteiger partial charge in [0.15, 0.2) is 0 Å². The maximum absolute atomic E-state index is 7.22. The first kappa shape index (κ1) is 15.9. The summed E-state index contributed by atoms with van der Waals surface area (Å²) in [6.07, 6.45) is 0. The Kier molecular flexibility index (Phi) is 4.02. The number of benzene rings is 2. The summed E-state index contributed by atoms with van der Waals surface area (Å²) in [6.45, 7) is 0. The summed E-state index contributed by atoms with van der Waals surface area (Å²) >= 11 is -0.138. The molecule has 2 aromatic rings. The van der Waals surface area contributed by atoms with Crippen molar-refractivity contribution in [2.75, 3.05) is 7.29 Å². The van der Waals surface area contributed by atoms with Gasteiger partial charge >= 0.3 is 164 Å². The monoisotopic (exact) mass is 468 g/mol. The number of hydrogen-bond acceptors (Lipinski definition) is 6. The summed E-state index contributed by atoms with van der Waals surface area (Å²) in [7, 11) is 18.2. The van der Waals surface area contributed by atoms with Crippen LogP contribution in [-0.4, -0.2) is 9.41 Å². The van der Waals surface area contributed by atoms with Gasteiger partial charge in [0.2, 0.25) is 0 Å². The second-order valence-electron chi connectivity index (χ2n) is 5.64. The van der Waals surface area contributed by atoms with E-state index in [-0.39, 0.29) is 9.41 Å². The van der Waals surface area contributed by atoms with Crippen molar-refractivity contribution in [2.45, 2.75) is 19.2 Å². The Morgan fingerprint density at radius 3 is 1.65 bits per heavy atom. The molecule has 3 aliphatic heterocycles. The molecule has 3 aliphatic rings. The molecule has 0 radical (unpaired) electrons. The van der Waals surface area contributed by atoms with Gasteiger partial charge in [-0.2, -0.15) is 0 Å². The van der Waals surface area contributed by atoms with Crippen molar-refractivity contribution < 1.29 is 13.3 Å². The van der Waals surface area contributed by atoms with E-state index in [0.29, 0.717) is 0 Å². The van der Waals surface area contributed by atoms with Crippen LogP contribution in [0.4, 0.5) is 11.4 Å². The van der Waals surface area contributed by atoms with Crippen molar-refractivity contribution in [3.05, 3.63) is 48.5 Å². The minimum atomic E-state index is -3.88. The maximum atomic E-state index is 7.22. The Morgan fingerprint density at radius 1 is 0.739 bits per heavy atom. The Bertz CT molecular complexity index is 729. The molecule has 0 spiro atoms. The third-order valence-electron chi connectivity index (χ3n) is 4.35. The number of fused-ring (bicyclic) bond motifs is 6. The van der Waals surface area contributed by atoms with Crippen molar-refractivity contribution in [1.82, 2.24) is 0 Å². The van der Waals surface area contributed by atoms with Crippen LogP contribution in [0.3, 0.4) is 0 Å². The van der Waals surface area contributed by atoms with E-state index in [2.05, 4.69) is 55.8 Å². The standard InChI is InChI=1S/C14H10N2S4.2ClH.Zn/c1-3-7-11-9(5-1)15-13(17-11)19-20-14-16-10-6-2-4-8-12(10)18-14;;;/h1-8,13-14H;2*1H;/q-2;;;+4/p-2. The first-order valence-corrected chi connectivity index (χ1v) is 21.8. The molecule has 2 aromatic carbocycles. The molecule has 1 saturated heterocycles. The zero-order valence-electron chi connectivity index (χ0n) is 11.8. The minimum absolute atomic E-state index is 0.269. The molecule has 2 atom stereocenters. The van der Waals surface area contributed by atoms with Gasteiger partial charge in [-0.3, -0.25) is 0 Å². The first-order valence-electron chi connectivity index (χ1n) is 7.30. The van der Waals surface area contributed by atoms with E-state index in [4.69, 9.17) is 19.4 Å². The molecule has 23 heavy (non-hydrogen) atoms. The quantitative estimate of drug-likeness (QED) is 0.319. The molecule has 0 aliphatic carbocycles. The van der Waals surface area contributed by atoms with E-state index >= 15 is 0 Å². The number of anilines is 2. The van der Waals surface area contributed by atoms with Crippen LogP contribution in [0.1, 0.15) is 0 Å². The fourth-order valence-corrected chi connectivity index (χ4v) is 31.7. The van der Waals surface area contributed by atoms with Crippen molar-refractivity contribution in [3.8, 4) is 0 Å². The van der Waals surface area contributed by atoms with Gasteiger partial charge in [0.05, 0.1) is 0 Å². The summed E-state index contributed by atoms with van der Waals surface area (Å²) in [4.78, 5) is 2.57. The van der Waals surface area contributed by atoms with Crippen molar-refractivity contribution in [2.24, 2.45) is 0 Å². The summed E-state index contributed by atoms with van der Waals surface area (Å²) in [5.41, 5.74) is 2.41. The molecule has 0 saturated carbocycles. The average molecular weight is 471 g/mol. The number of para-hydroxylation sites is 2. The van der Waals surface area contributed by atoms with Gasteiger partial charge in [0.1, 0.15) is 0 Å². The second kappa shape index (κ2) is 5.83. The topological polar surface area (TPSA) is 6.48 Å². The van der Waals surface area contributed by atoms with Gasteiger partial charge in [-0.1, -0.05) is 0 Å². The number of halogens is 2. The number of hydrogen-bond donors (Lipinski definition) is 0. The fraction of sp³-hybridized carbons (Fsp3) is 0.143. The predicted octanol–water partition coefficient (Wildman–Crippen LogP) is 6.46. The number of rotatable bonds is 0. The first-order chi connectivity index (χ1) is 11.2. The van der Waals surface area contributed by atoms with Crippen molar-refractivity contribution in [1.29, 1.82) is 0 Å². The number of nitrogens with zero attached hydrogens (tertiary/aromatic N) is 2. The molecule has 0 aromatic heterocycles. The van der Waals surface area contributed by atoms with Gasteiger partial charge < -0.3 is 0 Å². The Balaban J connectivity index is 1.66. The SMILES string of the molecule is [Cl][Zn]1([Cl])[N]2c3ccccc3SC2SSC2Sc3ccccc3[N]21. The van der Waals surface area contributed by atoms with E-state index in [1.807, 2.05) is 45.1 Å². The van der Waals surface area contributed by atoms with Gasteiger partial charge in [-0.15, -0.1) is 0 Å². The molecule has 0 bridgehead atoms. The van der Waals surface area contributed by atoms with E-state index in [9.17, 15) is 0 Å². The molecule has 2 unspecified atom stereocenters. The van der Waals surface area contributed by atoms with Crippen molar-refractivity contribution in [3.63, 3.8) is 0 Å². The summed E-state index contributed by atoms with van der Waals surface area (Å²) < 4.78 is 5.25. The van der Waals surface area contributed by atoms with Crippen LogP contribution in [0.15, 0.2) is 58.3 Å². The van der Waals surface area contributed by atoms with Crippen LogP contribution in [0.25, 0.3) is 0 Å². The van der Waals surface area contributed by atoms with Gasteiger partial charge in [0, 0.05) is 0 Å². The Morgan fingerprint density at radius 2 is 1.17 bits per heavy atom. The van der Waals surface area contributed by atoms with Crippen LogP contribution in [0.2, 0.25) is 0 Å². The van der Waals surface area contributed by atoms with Crippen LogP contribution in [0, 0.1) is 0 Å². The Hall–Kier alpha value is 0.643. The van der Waals surface area contributed by atoms with E-state index in [0.717, 1.165) is 0 Å². The molecule has 1 fully saturated rings. The molecule has 2 nitrogen and oxygen atoms in total. The molecular formula is C14H10Cl2N2S4Zn. The van der Waals surface area contributed by atoms with Gasteiger partial charge in [-0.25, -0.2) is 0 Å². The normalized spacial score (nSPS) is 25.7. The van der Waals surface area contributed by atoms with E-state index in [1.54, 1.807) is 0 Å². The summed E-state index contributed by atoms with van der Waals surface area (Å²) in [5, 5.41) is 0. The molecule has 116 valence electrons. The fourth-order valence-electron chi connectivity index (χ4n) is 3.33. The van der Waals surface area contributed by atoms with Crippen LogP contribution < -0.4 is 7.29 Å². The van der Waals surface area contributed by atoms with E-state index in [1.165, 1.54) is 21.2 Å². The molecule has 5 rings (SSSR count). The molecule has 0 amide bonds. The summed E-state index contributed by atoms with van der Waals surface area (Å²) in [5.74, 6) is 0. The zero-order chi connectivity index (χ0) is 15.6. The van der Waals surface area contributed by atoms with Crippen molar-refractivity contribution >= 4 is 75.9 Å². The van der Waals surface area contributed by atoms with Gasteiger partial charge in [0.25, 0.3) is 0 Å². The second-order valence-corrected chi connectivity index (χ2v) is 26.0. The third kappa shape index (κ3) is 2.38. The zero-order valence-corrected chi connectivity index (χ0v) is 19.5. The summed E-state index contributed by atoms with van der Waals surface area (Å²) in [6, 6.07) is 17.0. The van der Waals surface area contributed by atoms with Crippen LogP contribution in [0.5, 0.6) is 0 Å². The van der Waals surface area contributed by atoms with Gasteiger partial charge in [-0.05, 0) is 0 Å². The number of thioether (sulfide) groups is 2. The Labute approximate surface area is 162 Å². The average Bonchev–Trinajstić information content (AvgIpc) is 3.08. The molecular weight excluding hydrogens is 461 g/mol. The van der Waals surface area contributed by atoms with Crippen LogP contribution >= 0.6 is 64.5 Å². The molecule has 3 heterocycles. The van der Waals surface area contributed by atoms with E-state index < -0.39 is 13.3 Å². The molecule has 9 heteroatoms. The molecule has 0 N–H and O–H groups in total. The van der Waals surface area contributed by atoms with Crippen LogP contribution in [-0.2, 0) is 13.3 Å². The predicted molar refractivity (Wildman–Crippen MR) is 104 cm³/mol. The third-order valence-corrected chi connectivity index (χ3v) is 24.7.